The minimum atomic E-state index is -1.28. The Labute approximate surface area is 109 Å². The van der Waals surface area contributed by atoms with Gasteiger partial charge in [-0.1, -0.05) is 23.7 Å². The molecule has 17 heavy (non-hydrogen) atoms. The smallest absolute Gasteiger partial charge is 0.144 e. The molecule has 0 aliphatic rings. The molecule has 0 heterocycles. The summed E-state index contributed by atoms with van der Waals surface area (Å²) in [6.45, 7) is 5.61. The zero-order valence-electron chi connectivity index (χ0n) is 10.4. The van der Waals surface area contributed by atoms with Gasteiger partial charge in [-0.25, -0.2) is 4.21 Å². The number of hydrogen-bond donors (Lipinski definition) is 0. The SMILES string of the molecule is COc1cccc(C=NS(=O)C(C)(C)C)c1Cl. The molecule has 1 unspecified atom stereocenters. The number of methoxy groups -OCH3 is 1. The Kier molecular flexibility index (Phi) is 4.71. The number of ether oxygens (including phenoxy) is 1. The first-order valence-electron chi connectivity index (χ1n) is 5.15. The van der Waals surface area contributed by atoms with Crippen LogP contribution in [0.3, 0.4) is 0 Å². The molecular weight excluding hydrogens is 258 g/mol. The predicted molar refractivity (Wildman–Crippen MR) is 73.5 cm³/mol. The molecule has 1 atom stereocenters. The number of nitrogens with zero attached hydrogens (tertiary/aromatic N) is 1. The van der Waals surface area contributed by atoms with Crippen molar-refractivity contribution in [3.63, 3.8) is 0 Å². The molecule has 0 amide bonds. The van der Waals surface area contributed by atoms with Crippen molar-refractivity contribution in [1.29, 1.82) is 0 Å². The van der Waals surface area contributed by atoms with E-state index < -0.39 is 11.0 Å². The van der Waals surface area contributed by atoms with E-state index in [1.807, 2.05) is 26.8 Å². The van der Waals surface area contributed by atoms with Crippen LogP contribution in [-0.4, -0.2) is 22.3 Å². The minimum Gasteiger partial charge on any atom is -0.495 e. The van der Waals surface area contributed by atoms with Crippen molar-refractivity contribution in [2.45, 2.75) is 25.5 Å². The van der Waals surface area contributed by atoms with Crippen molar-refractivity contribution in [2.24, 2.45) is 4.40 Å². The maximum absolute atomic E-state index is 11.7. The highest BCUT2D eigenvalue weighted by Crippen LogP contribution is 2.26. The first-order chi connectivity index (χ1) is 7.86. The summed E-state index contributed by atoms with van der Waals surface area (Å²) in [4.78, 5) is 0. The van der Waals surface area contributed by atoms with Crippen LogP contribution in [-0.2, 0) is 11.0 Å². The Morgan fingerprint density at radius 3 is 2.59 bits per heavy atom. The standard InChI is InChI=1S/C12H16ClNO2S/c1-12(2,3)17(15)14-8-9-6-5-7-10(16-4)11(9)13/h5-8H,1-4H3. The van der Waals surface area contributed by atoms with Crippen molar-refractivity contribution >= 4 is 28.8 Å². The molecule has 0 aliphatic carbocycles. The van der Waals surface area contributed by atoms with Crippen LogP contribution >= 0.6 is 11.6 Å². The third kappa shape index (κ3) is 3.82. The van der Waals surface area contributed by atoms with Gasteiger partial charge in [-0.3, -0.25) is 0 Å². The lowest BCUT2D eigenvalue weighted by atomic mass is 10.2. The fourth-order valence-electron chi connectivity index (χ4n) is 1.05. The first kappa shape index (κ1) is 14.2. The third-order valence-electron chi connectivity index (χ3n) is 2.02. The molecule has 0 aromatic heterocycles. The Bertz CT molecular complexity index is 452. The van der Waals surface area contributed by atoms with E-state index in [2.05, 4.69) is 4.40 Å². The van der Waals surface area contributed by atoms with E-state index in [0.29, 0.717) is 16.3 Å². The lowest BCUT2D eigenvalue weighted by molar-refractivity contribution is 0.415. The molecule has 0 saturated carbocycles. The molecule has 3 nitrogen and oxygen atoms in total. The van der Waals surface area contributed by atoms with Crippen molar-refractivity contribution in [1.82, 2.24) is 0 Å². The molecule has 0 saturated heterocycles. The van der Waals surface area contributed by atoms with E-state index in [4.69, 9.17) is 16.3 Å². The van der Waals surface area contributed by atoms with Gasteiger partial charge in [-0.2, -0.15) is 4.40 Å². The van der Waals surface area contributed by atoms with Crippen LogP contribution < -0.4 is 4.74 Å². The normalized spacial score (nSPS) is 13.9. The van der Waals surface area contributed by atoms with Crippen LogP contribution in [0.15, 0.2) is 22.6 Å². The molecule has 94 valence electrons. The lowest BCUT2D eigenvalue weighted by Gasteiger charge is -2.12. The van der Waals surface area contributed by atoms with Gasteiger partial charge in [0.2, 0.25) is 0 Å². The molecule has 0 N–H and O–H groups in total. The maximum Gasteiger partial charge on any atom is 0.144 e. The van der Waals surface area contributed by atoms with Crippen LogP contribution in [0.25, 0.3) is 0 Å². The highest BCUT2D eigenvalue weighted by Gasteiger charge is 2.18. The van der Waals surface area contributed by atoms with Gasteiger partial charge < -0.3 is 4.74 Å². The Balaban J connectivity index is 2.97. The van der Waals surface area contributed by atoms with Crippen LogP contribution in [0.5, 0.6) is 5.75 Å². The van der Waals surface area contributed by atoms with Gasteiger partial charge in [0, 0.05) is 11.8 Å². The highest BCUT2D eigenvalue weighted by molar-refractivity contribution is 7.85. The van der Waals surface area contributed by atoms with Crippen LogP contribution in [0.2, 0.25) is 5.02 Å². The van der Waals surface area contributed by atoms with Gasteiger partial charge in [0.05, 0.1) is 16.9 Å². The molecule has 5 heteroatoms. The molecule has 0 bridgehead atoms. The fourth-order valence-corrected chi connectivity index (χ4v) is 1.83. The lowest BCUT2D eigenvalue weighted by Crippen LogP contribution is -2.19. The average Bonchev–Trinajstić information content (AvgIpc) is 2.26. The summed E-state index contributed by atoms with van der Waals surface area (Å²) >= 11 is 6.09. The summed E-state index contributed by atoms with van der Waals surface area (Å²) in [5.74, 6) is 0.581. The van der Waals surface area contributed by atoms with Gasteiger partial charge in [0.1, 0.15) is 16.7 Å². The predicted octanol–water partition coefficient (Wildman–Crippen LogP) is 3.23. The summed E-state index contributed by atoms with van der Waals surface area (Å²) < 4.78 is 20.5. The van der Waals surface area contributed by atoms with Crippen molar-refractivity contribution in [3.05, 3.63) is 28.8 Å². The summed E-state index contributed by atoms with van der Waals surface area (Å²) in [6.07, 6.45) is 1.52. The fraction of sp³-hybridized carbons (Fsp3) is 0.417. The summed E-state index contributed by atoms with van der Waals surface area (Å²) in [7, 11) is 0.266. The van der Waals surface area contributed by atoms with Crippen LogP contribution in [0.1, 0.15) is 26.3 Å². The van der Waals surface area contributed by atoms with E-state index in [1.54, 1.807) is 19.2 Å². The van der Waals surface area contributed by atoms with E-state index in [1.165, 1.54) is 6.21 Å². The topological polar surface area (TPSA) is 38.7 Å². The minimum absolute atomic E-state index is 0.373. The second-order valence-electron chi connectivity index (χ2n) is 4.46. The average molecular weight is 274 g/mol. The summed E-state index contributed by atoms with van der Waals surface area (Å²) in [5, 5.41) is 0.477. The summed E-state index contributed by atoms with van der Waals surface area (Å²) in [5.41, 5.74) is 0.698. The van der Waals surface area contributed by atoms with Gasteiger partial charge in [-0.15, -0.1) is 0 Å². The molecule has 1 aromatic rings. The molecule has 0 aliphatic heterocycles. The molecule has 1 aromatic carbocycles. The number of hydrogen-bond acceptors (Lipinski definition) is 2. The molecule has 1 rings (SSSR count). The van der Waals surface area contributed by atoms with Crippen molar-refractivity contribution in [3.8, 4) is 5.75 Å². The third-order valence-corrected chi connectivity index (χ3v) is 3.77. The largest absolute Gasteiger partial charge is 0.495 e. The second kappa shape index (κ2) is 5.65. The van der Waals surface area contributed by atoms with Gasteiger partial charge >= 0.3 is 0 Å². The van der Waals surface area contributed by atoms with Crippen molar-refractivity contribution in [2.75, 3.05) is 7.11 Å². The molecular formula is C12H16ClNO2S. The number of benzene rings is 1. The zero-order valence-corrected chi connectivity index (χ0v) is 11.9. The number of halogens is 1. The molecule has 0 radical (unpaired) electrons. The highest BCUT2D eigenvalue weighted by atomic mass is 35.5. The van der Waals surface area contributed by atoms with E-state index >= 15 is 0 Å². The molecule has 0 fully saturated rings. The Morgan fingerprint density at radius 1 is 1.41 bits per heavy atom. The first-order valence-corrected chi connectivity index (χ1v) is 6.63. The van der Waals surface area contributed by atoms with E-state index in [-0.39, 0.29) is 4.75 Å². The quantitative estimate of drug-likeness (QED) is 0.793. The van der Waals surface area contributed by atoms with Gasteiger partial charge in [0.15, 0.2) is 0 Å². The van der Waals surface area contributed by atoms with Gasteiger partial charge in [-0.05, 0) is 26.8 Å². The zero-order chi connectivity index (χ0) is 13.1. The second-order valence-corrected chi connectivity index (χ2v) is 6.77. The number of rotatable bonds is 3. The van der Waals surface area contributed by atoms with E-state index in [9.17, 15) is 4.21 Å². The Hall–Kier alpha value is -0.870. The summed E-state index contributed by atoms with van der Waals surface area (Å²) in [6, 6.07) is 5.38. The maximum atomic E-state index is 11.7. The molecule has 0 spiro atoms. The van der Waals surface area contributed by atoms with Crippen LogP contribution in [0.4, 0.5) is 0 Å². The van der Waals surface area contributed by atoms with Crippen molar-refractivity contribution < 1.29 is 8.95 Å². The Morgan fingerprint density at radius 2 is 2.06 bits per heavy atom. The monoisotopic (exact) mass is 273 g/mol. The van der Waals surface area contributed by atoms with Gasteiger partial charge in [0.25, 0.3) is 0 Å². The van der Waals surface area contributed by atoms with Crippen LogP contribution in [0, 0.1) is 0 Å². The van der Waals surface area contributed by atoms with E-state index in [0.717, 1.165) is 0 Å².